The van der Waals surface area contributed by atoms with Crippen LogP contribution in [0.3, 0.4) is 0 Å². The molecule has 0 bridgehead atoms. The van der Waals surface area contributed by atoms with Crippen LogP contribution in [0.5, 0.6) is 0 Å². The van der Waals surface area contributed by atoms with Crippen LogP contribution in [0, 0.1) is 6.92 Å². The molecule has 2 aromatic rings. The number of nitrogens with one attached hydrogen (secondary N) is 1. The van der Waals surface area contributed by atoms with E-state index in [4.69, 9.17) is 9.15 Å². The van der Waals surface area contributed by atoms with Gasteiger partial charge in [-0.25, -0.2) is 0 Å². The Morgan fingerprint density at radius 2 is 1.86 bits per heavy atom. The maximum absolute atomic E-state index is 5.43. The van der Waals surface area contributed by atoms with Crippen molar-refractivity contribution in [3.63, 3.8) is 0 Å². The summed E-state index contributed by atoms with van der Waals surface area (Å²) in [6.07, 6.45) is 1.73. The molecule has 1 aliphatic rings. The van der Waals surface area contributed by atoms with Crippen LogP contribution in [0.25, 0.3) is 0 Å². The van der Waals surface area contributed by atoms with Crippen molar-refractivity contribution >= 4 is 5.69 Å². The number of aryl methyl sites for hydroxylation is 1. The molecule has 0 spiro atoms. The second-order valence-electron chi connectivity index (χ2n) is 5.47. The summed E-state index contributed by atoms with van der Waals surface area (Å²) < 4.78 is 10.8. The van der Waals surface area contributed by atoms with Gasteiger partial charge in [-0.2, -0.15) is 0 Å². The predicted octanol–water partition coefficient (Wildman–Crippen LogP) is 3.03. The van der Waals surface area contributed by atoms with Gasteiger partial charge in [-0.15, -0.1) is 0 Å². The minimum absolute atomic E-state index is 0.724. The van der Waals surface area contributed by atoms with E-state index in [-0.39, 0.29) is 0 Å². The molecule has 0 atom stereocenters. The van der Waals surface area contributed by atoms with Gasteiger partial charge in [-0.1, -0.05) is 12.1 Å². The minimum atomic E-state index is 0.724. The third kappa shape index (κ3) is 3.86. The van der Waals surface area contributed by atoms with Crippen LogP contribution < -0.4 is 5.32 Å². The molecule has 1 fully saturated rings. The van der Waals surface area contributed by atoms with Crippen LogP contribution in [-0.4, -0.2) is 31.2 Å². The molecule has 1 aromatic carbocycles. The summed E-state index contributed by atoms with van der Waals surface area (Å²) >= 11 is 0. The van der Waals surface area contributed by atoms with Crippen LogP contribution in [0.2, 0.25) is 0 Å². The number of rotatable bonds is 5. The smallest absolute Gasteiger partial charge is 0.125 e. The molecule has 3 rings (SSSR count). The molecular formula is C17H22N2O2. The van der Waals surface area contributed by atoms with Crippen molar-refractivity contribution in [3.05, 3.63) is 53.5 Å². The van der Waals surface area contributed by atoms with Gasteiger partial charge >= 0.3 is 0 Å². The van der Waals surface area contributed by atoms with Crippen LogP contribution in [0.4, 0.5) is 5.69 Å². The summed E-state index contributed by atoms with van der Waals surface area (Å²) in [4.78, 5) is 2.43. The van der Waals surface area contributed by atoms with Crippen molar-refractivity contribution in [3.8, 4) is 0 Å². The number of nitrogens with zero attached hydrogens (tertiary/aromatic N) is 1. The van der Waals surface area contributed by atoms with Gasteiger partial charge in [0.05, 0.1) is 26.0 Å². The van der Waals surface area contributed by atoms with E-state index in [1.54, 1.807) is 6.26 Å². The van der Waals surface area contributed by atoms with Gasteiger partial charge < -0.3 is 14.5 Å². The number of anilines is 1. The highest BCUT2D eigenvalue weighted by Gasteiger charge is 2.10. The average Bonchev–Trinajstić information content (AvgIpc) is 2.93. The van der Waals surface area contributed by atoms with Crippen molar-refractivity contribution < 1.29 is 9.15 Å². The minimum Gasteiger partial charge on any atom is -0.467 e. The first-order chi connectivity index (χ1) is 10.3. The molecule has 0 amide bonds. The molecule has 1 aromatic heterocycles. The molecule has 1 N–H and O–H groups in total. The maximum atomic E-state index is 5.43. The molecule has 0 aliphatic carbocycles. The van der Waals surface area contributed by atoms with Crippen molar-refractivity contribution in [1.29, 1.82) is 0 Å². The van der Waals surface area contributed by atoms with Gasteiger partial charge in [0.25, 0.3) is 0 Å². The zero-order valence-corrected chi connectivity index (χ0v) is 12.5. The fourth-order valence-corrected chi connectivity index (χ4v) is 2.51. The summed E-state index contributed by atoms with van der Waals surface area (Å²) in [5.74, 6) is 0.993. The first-order valence-electron chi connectivity index (χ1n) is 7.47. The Bertz CT molecular complexity index is 556. The summed E-state index contributed by atoms with van der Waals surface area (Å²) in [6.45, 7) is 7.54. The van der Waals surface area contributed by atoms with Gasteiger partial charge in [0.1, 0.15) is 5.76 Å². The van der Waals surface area contributed by atoms with E-state index in [1.807, 2.05) is 6.07 Å². The number of furan rings is 1. The first kappa shape index (κ1) is 14.2. The topological polar surface area (TPSA) is 37.6 Å². The molecule has 1 saturated heterocycles. The average molecular weight is 286 g/mol. The molecule has 112 valence electrons. The predicted molar refractivity (Wildman–Crippen MR) is 83.3 cm³/mol. The highest BCUT2D eigenvalue weighted by atomic mass is 16.5. The van der Waals surface area contributed by atoms with E-state index >= 15 is 0 Å². The normalized spacial score (nSPS) is 16.0. The fourth-order valence-electron chi connectivity index (χ4n) is 2.51. The van der Waals surface area contributed by atoms with Crippen LogP contribution >= 0.6 is 0 Å². The fraction of sp³-hybridized carbons (Fsp3) is 0.412. The largest absolute Gasteiger partial charge is 0.467 e. The molecule has 0 radical (unpaired) electrons. The van der Waals surface area contributed by atoms with Gasteiger partial charge in [-0.3, -0.25) is 4.90 Å². The molecule has 0 unspecified atom stereocenters. The third-order valence-corrected chi connectivity index (χ3v) is 3.89. The highest BCUT2D eigenvalue weighted by Crippen LogP contribution is 2.15. The Morgan fingerprint density at radius 1 is 1.10 bits per heavy atom. The summed E-state index contributed by atoms with van der Waals surface area (Å²) in [5, 5.41) is 3.39. The first-order valence-corrected chi connectivity index (χ1v) is 7.47. The standard InChI is InChI=1S/C17H22N2O2/c1-14-6-9-21-17(14)12-18-16-4-2-15(3-5-16)13-19-7-10-20-11-8-19/h2-6,9,18H,7-8,10-13H2,1H3. The molecule has 0 saturated carbocycles. The molecule has 4 heteroatoms. The van der Waals surface area contributed by atoms with E-state index in [1.165, 1.54) is 11.1 Å². The number of hydrogen-bond acceptors (Lipinski definition) is 4. The highest BCUT2D eigenvalue weighted by molar-refractivity contribution is 5.45. The summed E-state index contributed by atoms with van der Waals surface area (Å²) in [5.41, 5.74) is 3.65. The van der Waals surface area contributed by atoms with Crippen LogP contribution in [0.1, 0.15) is 16.9 Å². The lowest BCUT2D eigenvalue weighted by atomic mass is 10.2. The van der Waals surface area contributed by atoms with Gasteiger partial charge in [0.2, 0.25) is 0 Å². The molecule has 4 nitrogen and oxygen atoms in total. The molecule has 1 aliphatic heterocycles. The lowest BCUT2D eigenvalue weighted by Gasteiger charge is -2.26. The Hall–Kier alpha value is -1.78. The summed E-state index contributed by atoms with van der Waals surface area (Å²) in [6, 6.07) is 10.6. The van der Waals surface area contributed by atoms with Crippen molar-refractivity contribution in [1.82, 2.24) is 4.90 Å². The quantitative estimate of drug-likeness (QED) is 0.917. The second-order valence-corrected chi connectivity index (χ2v) is 5.47. The Kier molecular flexibility index (Phi) is 4.58. The van der Waals surface area contributed by atoms with E-state index in [9.17, 15) is 0 Å². The SMILES string of the molecule is Cc1ccoc1CNc1ccc(CN2CCOCC2)cc1. The van der Waals surface area contributed by atoms with Crippen molar-refractivity contribution in [2.24, 2.45) is 0 Å². The Balaban J connectivity index is 1.52. The van der Waals surface area contributed by atoms with Crippen LogP contribution in [-0.2, 0) is 17.8 Å². The number of ether oxygens (including phenoxy) is 1. The Morgan fingerprint density at radius 3 is 2.52 bits per heavy atom. The number of hydrogen-bond donors (Lipinski definition) is 1. The van der Waals surface area contributed by atoms with E-state index in [0.29, 0.717) is 0 Å². The lowest BCUT2D eigenvalue weighted by molar-refractivity contribution is 0.0342. The van der Waals surface area contributed by atoms with E-state index in [2.05, 4.69) is 41.4 Å². The monoisotopic (exact) mass is 286 g/mol. The van der Waals surface area contributed by atoms with Crippen molar-refractivity contribution in [2.75, 3.05) is 31.6 Å². The Labute approximate surface area is 125 Å². The lowest BCUT2D eigenvalue weighted by Crippen LogP contribution is -2.35. The van der Waals surface area contributed by atoms with Crippen molar-refractivity contribution in [2.45, 2.75) is 20.0 Å². The number of benzene rings is 1. The van der Waals surface area contributed by atoms with E-state index < -0.39 is 0 Å². The van der Waals surface area contributed by atoms with Crippen LogP contribution in [0.15, 0.2) is 41.0 Å². The molecule has 21 heavy (non-hydrogen) atoms. The summed E-state index contributed by atoms with van der Waals surface area (Å²) in [7, 11) is 0. The third-order valence-electron chi connectivity index (χ3n) is 3.89. The molecular weight excluding hydrogens is 264 g/mol. The van der Waals surface area contributed by atoms with Gasteiger partial charge in [0, 0.05) is 25.3 Å². The zero-order valence-electron chi connectivity index (χ0n) is 12.5. The van der Waals surface area contributed by atoms with Gasteiger partial charge in [-0.05, 0) is 36.2 Å². The second kappa shape index (κ2) is 6.78. The molecule has 2 heterocycles. The maximum Gasteiger partial charge on any atom is 0.125 e. The van der Waals surface area contributed by atoms with E-state index in [0.717, 1.165) is 50.8 Å². The zero-order chi connectivity index (χ0) is 14.5. The number of morpholine rings is 1. The van der Waals surface area contributed by atoms with Gasteiger partial charge in [0.15, 0.2) is 0 Å².